The van der Waals surface area contributed by atoms with E-state index in [9.17, 15) is 43.2 Å². The predicted octanol–water partition coefficient (Wildman–Crippen LogP) is 4.41. The number of fused-ring (bicyclic) bond motifs is 1. The molecule has 3 aromatic rings. The molecular weight excluding hydrogens is 620 g/mol. The van der Waals surface area contributed by atoms with Gasteiger partial charge in [-0.25, -0.2) is 25.2 Å². The fraction of sp³-hybridized carbons (Fsp3) is 0.375. The quantitative estimate of drug-likeness (QED) is 0.339. The third-order valence-electron chi connectivity index (χ3n) is 6.50. The first-order chi connectivity index (χ1) is 20.6. The van der Waals surface area contributed by atoms with Crippen LogP contribution in [0.5, 0.6) is 11.8 Å². The van der Waals surface area contributed by atoms with Crippen LogP contribution in [0.1, 0.15) is 27.4 Å². The van der Waals surface area contributed by atoms with Gasteiger partial charge in [-0.1, -0.05) is 17.7 Å². The minimum atomic E-state index is -5.35. The van der Waals surface area contributed by atoms with Crippen LogP contribution in [0.4, 0.5) is 32.0 Å². The van der Waals surface area contributed by atoms with Crippen LogP contribution < -0.4 is 14.2 Å². The van der Waals surface area contributed by atoms with E-state index in [1.54, 1.807) is 6.92 Å². The molecule has 0 unspecified atom stereocenters. The summed E-state index contributed by atoms with van der Waals surface area (Å²) in [4.78, 5) is 2.04. The minimum absolute atomic E-state index is 0.291. The van der Waals surface area contributed by atoms with Gasteiger partial charge in [0.15, 0.2) is 11.4 Å². The van der Waals surface area contributed by atoms with Crippen LogP contribution in [0.3, 0.4) is 0 Å². The summed E-state index contributed by atoms with van der Waals surface area (Å²) in [6.45, 7) is -1.87. The number of sulfonamides is 1. The molecule has 0 bridgehead atoms. The van der Waals surface area contributed by atoms with Crippen molar-refractivity contribution in [1.82, 2.24) is 8.96 Å². The average molecular weight is 647 g/mol. The Morgan fingerprint density at radius 3 is 2.38 bits per heavy atom. The maximum atomic E-state index is 14.4. The molecule has 1 aliphatic carbocycles. The number of ether oxygens (including phenoxy) is 3. The molecule has 0 spiro atoms. The average Bonchev–Trinajstić information content (AvgIpc) is 3.29. The second-order valence-corrected chi connectivity index (χ2v) is 12.6. The Morgan fingerprint density at radius 1 is 1.14 bits per heavy atom. The maximum absolute atomic E-state index is 14.4. The number of pyridine rings is 1. The van der Waals surface area contributed by atoms with Gasteiger partial charge in [-0.3, -0.25) is 4.72 Å². The number of aromatic nitrogens is 2. The Morgan fingerprint density at radius 2 is 1.81 bits per heavy atom. The molecule has 0 saturated carbocycles. The van der Waals surface area contributed by atoms with Gasteiger partial charge in [0, 0.05) is 31.4 Å². The van der Waals surface area contributed by atoms with Crippen LogP contribution in [0.15, 0.2) is 46.3 Å². The van der Waals surface area contributed by atoms with E-state index < -0.39 is 109 Å². The predicted molar refractivity (Wildman–Crippen MR) is 134 cm³/mol. The molecule has 4 rings (SSSR count). The van der Waals surface area contributed by atoms with Gasteiger partial charge in [0.1, 0.15) is 10.6 Å². The van der Waals surface area contributed by atoms with Gasteiger partial charge in [0.05, 0.1) is 16.1 Å². The van der Waals surface area contributed by atoms with Crippen LogP contribution in [0.25, 0.3) is 0 Å². The highest BCUT2D eigenvalue weighted by Gasteiger charge is 2.58. The number of aryl methyl sites for hydroxylation is 1. The zero-order chi connectivity index (χ0) is 33.8. The molecule has 0 fully saturated rings. The Balaban J connectivity index is 1.91. The maximum Gasteiger partial charge on any atom is 0.417 e. The molecule has 0 saturated heterocycles. The molecule has 2 aromatic heterocycles. The number of benzene rings is 1. The lowest BCUT2D eigenvalue weighted by Gasteiger charge is -2.38. The van der Waals surface area contributed by atoms with Gasteiger partial charge in [-0.2, -0.15) is 26.9 Å². The van der Waals surface area contributed by atoms with E-state index in [-0.39, 0.29) is 0 Å². The molecule has 0 aliphatic heterocycles. The molecule has 10 nitrogen and oxygen atoms in total. The standard InChI is InChI=1S/C24H23F6N3O7S2/c1-13-4-6-14(7-5-13)42(36,37)33-12-19(15-8-9-23(39-3,11-18(15)33)24(28,29)30)41(34,35)32-17-10-16(25)20(40-22(26)27)31-21(17)38-2/h4-7,10,12,22,32H,8-9,11H2,1-3H3/t23-/m1/s1/i3D3. The molecular formula is C24H23F6N3O7S2. The zero-order valence-electron chi connectivity index (χ0n) is 24.5. The number of halogens is 6. The van der Waals surface area contributed by atoms with Crippen molar-refractivity contribution in [3.05, 3.63) is 59.2 Å². The zero-order valence-corrected chi connectivity index (χ0v) is 23.1. The first-order valence-corrected chi connectivity index (χ1v) is 14.6. The number of anilines is 1. The molecule has 42 heavy (non-hydrogen) atoms. The van der Waals surface area contributed by atoms with Gasteiger partial charge in [0.2, 0.25) is 5.88 Å². The summed E-state index contributed by atoms with van der Waals surface area (Å²) in [5, 5.41) is 0. The first kappa shape index (κ1) is 27.3. The fourth-order valence-electron chi connectivity index (χ4n) is 4.38. The SMILES string of the molecule is [2H]C([2H])([2H])O[C@]1(C(F)(F)F)CCc2c(S(=O)(=O)Nc3cc(F)c(OC(F)F)nc3OC)cn(S(=O)(=O)c3ccc(C)cc3)c2C1. The molecule has 0 radical (unpaired) electrons. The third-order valence-corrected chi connectivity index (χ3v) is 9.64. The summed E-state index contributed by atoms with van der Waals surface area (Å²) < 4.78 is 175. The molecule has 1 aromatic carbocycles. The van der Waals surface area contributed by atoms with Crippen molar-refractivity contribution >= 4 is 25.7 Å². The van der Waals surface area contributed by atoms with Gasteiger partial charge < -0.3 is 14.2 Å². The lowest BCUT2D eigenvalue weighted by Crippen LogP contribution is -2.51. The lowest BCUT2D eigenvalue weighted by molar-refractivity contribution is -0.273. The van der Waals surface area contributed by atoms with Gasteiger partial charge in [0.25, 0.3) is 25.9 Å². The molecule has 0 amide bonds. The summed E-state index contributed by atoms with van der Waals surface area (Å²) in [6, 6.07) is 5.41. The number of rotatable bonds is 9. The summed E-state index contributed by atoms with van der Waals surface area (Å²) in [5.41, 5.74) is -4.74. The summed E-state index contributed by atoms with van der Waals surface area (Å²) in [6.07, 6.45) is -8.18. The van der Waals surface area contributed by atoms with Crippen LogP contribution in [-0.2, 0) is 37.6 Å². The van der Waals surface area contributed by atoms with E-state index >= 15 is 0 Å². The first-order valence-electron chi connectivity index (χ1n) is 13.1. The number of hydrogen-bond donors (Lipinski definition) is 1. The van der Waals surface area contributed by atoms with Crippen LogP contribution >= 0.6 is 0 Å². The molecule has 230 valence electrons. The number of methoxy groups -OCH3 is 2. The number of nitrogens with one attached hydrogen (secondary N) is 1. The monoisotopic (exact) mass is 646 g/mol. The molecule has 2 heterocycles. The van der Waals surface area contributed by atoms with Crippen molar-refractivity contribution in [3.63, 3.8) is 0 Å². The topological polar surface area (TPSA) is 126 Å². The summed E-state index contributed by atoms with van der Waals surface area (Å²) >= 11 is 0. The highest BCUT2D eigenvalue weighted by Crippen LogP contribution is 2.46. The largest absolute Gasteiger partial charge is 0.479 e. The van der Waals surface area contributed by atoms with Crippen LogP contribution in [0.2, 0.25) is 0 Å². The lowest BCUT2D eigenvalue weighted by atomic mass is 9.83. The Hall–Kier alpha value is -3.51. The highest BCUT2D eigenvalue weighted by atomic mass is 32.2. The van der Waals surface area contributed by atoms with E-state index in [0.29, 0.717) is 21.8 Å². The summed E-state index contributed by atoms with van der Waals surface area (Å²) in [7, 11) is -12.5. The van der Waals surface area contributed by atoms with E-state index in [0.717, 1.165) is 19.2 Å². The second kappa shape index (κ2) is 11.0. The van der Waals surface area contributed by atoms with Crippen molar-refractivity contribution in [2.75, 3.05) is 18.9 Å². The van der Waals surface area contributed by atoms with E-state index in [4.69, 9.17) is 8.85 Å². The Labute approximate surface area is 240 Å². The normalized spacial score (nSPS) is 19.0. The Bertz CT molecular complexity index is 1820. The number of alkyl halides is 5. The molecule has 18 heteroatoms. The van der Waals surface area contributed by atoms with Crippen molar-refractivity contribution in [1.29, 1.82) is 0 Å². The van der Waals surface area contributed by atoms with Gasteiger partial charge in [-0.05, 0) is 37.5 Å². The summed E-state index contributed by atoms with van der Waals surface area (Å²) in [5.74, 6) is -3.54. The van der Waals surface area contributed by atoms with E-state index in [1.165, 1.54) is 12.1 Å². The molecule has 1 atom stereocenters. The number of nitrogens with zero attached hydrogens (tertiary/aromatic N) is 2. The van der Waals surface area contributed by atoms with Crippen LogP contribution in [-0.4, -0.2) is 58.3 Å². The molecule has 1 N–H and O–H groups in total. The van der Waals surface area contributed by atoms with Crippen LogP contribution in [0, 0.1) is 12.7 Å². The molecule has 1 aliphatic rings. The van der Waals surface area contributed by atoms with Crippen molar-refractivity contribution < 1.29 is 61.5 Å². The second-order valence-electron chi connectivity index (χ2n) is 9.12. The minimum Gasteiger partial charge on any atom is -0.479 e. The third kappa shape index (κ3) is 5.61. The fourth-order valence-corrected chi connectivity index (χ4v) is 7.20. The van der Waals surface area contributed by atoms with Gasteiger partial charge >= 0.3 is 12.8 Å². The van der Waals surface area contributed by atoms with E-state index in [1.807, 2.05) is 4.72 Å². The van der Waals surface area contributed by atoms with Crippen molar-refractivity contribution in [2.45, 2.75) is 54.4 Å². The number of hydrogen-bond acceptors (Lipinski definition) is 8. The van der Waals surface area contributed by atoms with Crippen molar-refractivity contribution in [2.24, 2.45) is 0 Å². The highest BCUT2D eigenvalue weighted by molar-refractivity contribution is 7.93. The smallest absolute Gasteiger partial charge is 0.417 e. The van der Waals surface area contributed by atoms with E-state index in [2.05, 4.69) is 14.5 Å². The van der Waals surface area contributed by atoms with Gasteiger partial charge in [-0.15, -0.1) is 0 Å². The Kier molecular flexibility index (Phi) is 7.13. The van der Waals surface area contributed by atoms with Crippen molar-refractivity contribution in [3.8, 4) is 11.8 Å².